The highest BCUT2D eigenvalue weighted by Crippen LogP contribution is 2.20. The SMILES string of the molecule is CC(C(=O)c1ccccc1)N1CCC(CNC(=O)c2cc(Cl)c(N)[nH]c2=O)CC1. The van der Waals surface area contributed by atoms with Crippen molar-refractivity contribution in [1.82, 2.24) is 15.2 Å². The number of nitrogen functional groups attached to an aromatic ring is 1. The third-order valence-electron chi connectivity index (χ3n) is 5.45. The summed E-state index contributed by atoms with van der Waals surface area (Å²) >= 11 is 5.89. The summed E-state index contributed by atoms with van der Waals surface area (Å²) in [7, 11) is 0. The van der Waals surface area contributed by atoms with Crippen molar-refractivity contribution < 1.29 is 9.59 Å². The van der Waals surface area contributed by atoms with Gasteiger partial charge in [-0.25, -0.2) is 0 Å². The molecule has 8 heteroatoms. The molecule has 1 atom stereocenters. The van der Waals surface area contributed by atoms with E-state index in [1.165, 1.54) is 6.07 Å². The average Bonchev–Trinajstić information content (AvgIpc) is 2.74. The average molecular weight is 417 g/mol. The van der Waals surface area contributed by atoms with Crippen LogP contribution in [0.1, 0.15) is 40.5 Å². The van der Waals surface area contributed by atoms with Crippen LogP contribution in [0.25, 0.3) is 0 Å². The molecular formula is C21H25ClN4O3. The molecule has 1 aromatic carbocycles. The lowest BCUT2D eigenvalue weighted by molar-refractivity contribution is 0.0766. The lowest BCUT2D eigenvalue weighted by Gasteiger charge is -2.35. The quantitative estimate of drug-likeness (QED) is 0.626. The molecule has 1 saturated heterocycles. The molecule has 1 fully saturated rings. The zero-order valence-corrected chi connectivity index (χ0v) is 17.0. The van der Waals surface area contributed by atoms with Gasteiger partial charge in [-0.15, -0.1) is 0 Å². The van der Waals surface area contributed by atoms with Crippen LogP contribution in [0.15, 0.2) is 41.2 Å². The number of carbonyl (C=O) groups is 2. The van der Waals surface area contributed by atoms with Crippen molar-refractivity contribution >= 4 is 29.1 Å². The number of H-pyrrole nitrogens is 1. The van der Waals surface area contributed by atoms with Crippen LogP contribution < -0.4 is 16.6 Å². The van der Waals surface area contributed by atoms with Gasteiger partial charge in [-0.05, 0) is 44.8 Å². The van der Waals surface area contributed by atoms with Crippen molar-refractivity contribution in [3.05, 3.63) is 62.9 Å². The van der Waals surface area contributed by atoms with Gasteiger partial charge in [0.2, 0.25) is 0 Å². The summed E-state index contributed by atoms with van der Waals surface area (Å²) < 4.78 is 0. The Hall–Kier alpha value is -2.64. The van der Waals surface area contributed by atoms with Gasteiger partial charge in [0.05, 0.1) is 11.1 Å². The monoisotopic (exact) mass is 416 g/mol. The number of amides is 1. The summed E-state index contributed by atoms with van der Waals surface area (Å²) in [5, 5.41) is 2.94. The molecule has 1 aliphatic heterocycles. The molecule has 0 bridgehead atoms. The van der Waals surface area contributed by atoms with Crippen LogP contribution >= 0.6 is 11.6 Å². The van der Waals surface area contributed by atoms with Gasteiger partial charge in [0, 0.05) is 12.1 Å². The second-order valence-electron chi connectivity index (χ2n) is 7.37. The van der Waals surface area contributed by atoms with Gasteiger partial charge >= 0.3 is 0 Å². The summed E-state index contributed by atoms with van der Waals surface area (Å²) in [6.07, 6.45) is 1.73. The molecule has 1 aliphatic rings. The lowest BCUT2D eigenvalue weighted by atomic mass is 9.94. The van der Waals surface area contributed by atoms with Crippen LogP contribution in [-0.4, -0.2) is 47.3 Å². The van der Waals surface area contributed by atoms with Gasteiger partial charge < -0.3 is 16.0 Å². The minimum absolute atomic E-state index is 0.0414. The van der Waals surface area contributed by atoms with E-state index in [0.717, 1.165) is 31.5 Å². The van der Waals surface area contributed by atoms with E-state index in [4.69, 9.17) is 17.3 Å². The molecule has 154 valence electrons. The van der Waals surface area contributed by atoms with Crippen molar-refractivity contribution in [1.29, 1.82) is 0 Å². The molecule has 0 spiro atoms. The number of hydrogen-bond acceptors (Lipinski definition) is 5. The van der Waals surface area contributed by atoms with Crippen LogP contribution in [0.4, 0.5) is 5.82 Å². The van der Waals surface area contributed by atoms with E-state index >= 15 is 0 Å². The fraction of sp³-hybridized carbons (Fsp3) is 0.381. The maximum Gasteiger partial charge on any atom is 0.262 e. The number of Topliss-reactive ketones (excluding diaryl/α,β-unsaturated/α-hetero) is 1. The first-order valence-corrected chi connectivity index (χ1v) is 10.0. The van der Waals surface area contributed by atoms with Crippen molar-refractivity contribution in [3.63, 3.8) is 0 Å². The molecule has 1 amide bonds. The van der Waals surface area contributed by atoms with Crippen molar-refractivity contribution in [2.45, 2.75) is 25.8 Å². The number of aromatic amines is 1. The van der Waals surface area contributed by atoms with Gasteiger partial charge in [-0.3, -0.25) is 19.3 Å². The number of nitrogens with one attached hydrogen (secondary N) is 2. The fourth-order valence-corrected chi connectivity index (χ4v) is 3.73. The summed E-state index contributed by atoms with van der Waals surface area (Å²) in [5.41, 5.74) is 5.64. The molecule has 2 heterocycles. The van der Waals surface area contributed by atoms with Crippen molar-refractivity contribution in [3.8, 4) is 0 Å². The van der Waals surface area contributed by atoms with E-state index < -0.39 is 11.5 Å². The molecule has 29 heavy (non-hydrogen) atoms. The largest absolute Gasteiger partial charge is 0.384 e. The highest BCUT2D eigenvalue weighted by atomic mass is 35.5. The van der Waals surface area contributed by atoms with Gasteiger partial charge in [0.15, 0.2) is 5.78 Å². The minimum Gasteiger partial charge on any atom is -0.384 e. The molecule has 2 aromatic rings. The Labute approximate surface area is 174 Å². The number of hydrogen-bond donors (Lipinski definition) is 3. The molecule has 0 radical (unpaired) electrons. The number of pyridine rings is 1. The summed E-state index contributed by atoms with van der Waals surface area (Å²) in [6.45, 7) is 3.98. The van der Waals surface area contributed by atoms with Crippen LogP contribution in [0.5, 0.6) is 0 Å². The molecule has 7 nitrogen and oxygen atoms in total. The maximum atomic E-state index is 12.6. The third-order valence-corrected chi connectivity index (χ3v) is 5.76. The third kappa shape index (κ3) is 5.05. The van der Waals surface area contributed by atoms with E-state index in [0.29, 0.717) is 6.54 Å². The zero-order valence-electron chi connectivity index (χ0n) is 16.3. The number of likely N-dealkylation sites (tertiary alicyclic amines) is 1. The van der Waals surface area contributed by atoms with Gasteiger partial charge in [-0.2, -0.15) is 0 Å². The van der Waals surface area contributed by atoms with Crippen molar-refractivity contribution in [2.24, 2.45) is 5.92 Å². The van der Waals surface area contributed by atoms with Crippen LogP contribution in [0.3, 0.4) is 0 Å². The minimum atomic E-state index is -0.563. The summed E-state index contributed by atoms with van der Waals surface area (Å²) in [6, 6.07) is 10.4. The molecule has 4 N–H and O–H groups in total. The van der Waals surface area contributed by atoms with Crippen LogP contribution in [0, 0.1) is 5.92 Å². The second kappa shape index (κ2) is 9.24. The number of nitrogens with zero attached hydrogens (tertiary/aromatic N) is 1. The Morgan fingerprint density at radius 3 is 2.59 bits per heavy atom. The number of carbonyl (C=O) groups excluding carboxylic acids is 2. The van der Waals surface area contributed by atoms with E-state index in [1.807, 2.05) is 37.3 Å². The van der Waals surface area contributed by atoms with Crippen molar-refractivity contribution in [2.75, 3.05) is 25.4 Å². The van der Waals surface area contributed by atoms with E-state index in [-0.39, 0.29) is 34.1 Å². The number of rotatable bonds is 6. The molecule has 0 aliphatic carbocycles. The Morgan fingerprint density at radius 2 is 1.93 bits per heavy atom. The number of anilines is 1. The van der Waals surface area contributed by atoms with E-state index in [1.54, 1.807) is 0 Å². The predicted octanol–water partition coefficient (Wildman–Crippen LogP) is 2.32. The van der Waals surface area contributed by atoms with Gasteiger partial charge in [-0.1, -0.05) is 41.9 Å². The highest BCUT2D eigenvalue weighted by Gasteiger charge is 2.27. The zero-order chi connectivity index (χ0) is 21.0. The number of halogens is 1. The topological polar surface area (TPSA) is 108 Å². The molecule has 3 rings (SSSR count). The molecule has 0 saturated carbocycles. The molecule has 1 unspecified atom stereocenters. The van der Waals surface area contributed by atoms with Crippen LogP contribution in [0.2, 0.25) is 5.02 Å². The normalized spacial score (nSPS) is 16.3. The Balaban J connectivity index is 1.50. The van der Waals surface area contributed by atoms with Gasteiger partial charge in [0.1, 0.15) is 11.4 Å². The maximum absolute atomic E-state index is 12.6. The second-order valence-corrected chi connectivity index (χ2v) is 7.78. The standard InChI is InChI=1S/C21H25ClN4O3/c1-13(18(27)15-5-3-2-4-6-15)26-9-7-14(8-10-26)12-24-20(28)16-11-17(22)19(23)25-21(16)29/h2-6,11,13-14H,7-10,12H2,1H3,(H,24,28)(H3,23,25,29). The summed E-state index contributed by atoms with van der Waals surface area (Å²) in [5.74, 6) is -0.0164. The van der Waals surface area contributed by atoms with Crippen LogP contribution in [-0.2, 0) is 0 Å². The molecular weight excluding hydrogens is 392 g/mol. The Kier molecular flexibility index (Phi) is 6.71. The lowest BCUT2D eigenvalue weighted by Crippen LogP contribution is -2.45. The first kappa shape index (κ1) is 21.1. The number of piperidine rings is 1. The van der Waals surface area contributed by atoms with Gasteiger partial charge in [0.25, 0.3) is 11.5 Å². The first-order valence-electron chi connectivity index (χ1n) is 9.66. The van der Waals surface area contributed by atoms with E-state index in [2.05, 4.69) is 15.2 Å². The Bertz CT molecular complexity index is 937. The van der Waals surface area contributed by atoms with E-state index in [9.17, 15) is 14.4 Å². The number of ketones is 1. The molecule has 1 aromatic heterocycles. The summed E-state index contributed by atoms with van der Waals surface area (Å²) in [4.78, 5) is 41.4. The first-order chi connectivity index (χ1) is 13.9. The fourth-order valence-electron chi connectivity index (χ4n) is 3.57. The predicted molar refractivity (Wildman–Crippen MR) is 113 cm³/mol. The smallest absolute Gasteiger partial charge is 0.262 e. The highest BCUT2D eigenvalue weighted by molar-refractivity contribution is 6.33. The number of nitrogens with two attached hydrogens (primary N) is 1. The number of aromatic nitrogens is 1. The number of benzene rings is 1. The Morgan fingerprint density at radius 1 is 1.28 bits per heavy atom.